The number of nitrogens with zero attached hydrogens (tertiary/aromatic N) is 4. The predicted octanol–water partition coefficient (Wildman–Crippen LogP) is 0.424. The maximum Gasteiger partial charge on any atom is 0.312 e. The minimum Gasteiger partial charge on any atom is -0.333 e. The molecule has 7 heteroatoms. The Morgan fingerprint density at radius 3 is 2.52 bits per heavy atom. The highest BCUT2D eigenvalue weighted by Gasteiger charge is 2.37. The van der Waals surface area contributed by atoms with Crippen LogP contribution in [0.4, 0.5) is 0 Å². The van der Waals surface area contributed by atoms with Crippen LogP contribution in [0, 0.1) is 11.3 Å². The van der Waals surface area contributed by atoms with Crippen LogP contribution >= 0.6 is 0 Å². The monoisotopic (exact) mass is 367 g/mol. The van der Waals surface area contributed by atoms with Crippen molar-refractivity contribution in [3.05, 3.63) is 34.9 Å². The summed E-state index contributed by atoms with van der Waals surface area (Å²) in [6.07, 6.45) is 2.90. The predicted molar refractivity (Wildman–Crippen MR) is 99.2 cm³/mol. The molecular formula is C20H25N5O2. The van der Waals surface area contributed by atoms with Crippen molar-refractivity contribution < 1.29 is 9.59 Å². The van der Waals surface area contributed by atoms with E-state index >= 15 is 0 Å². The van der Waals surface area contributed by atoms with Gasteiger partial charge in [-0.2, -0.15) is 5.26 Å². The van der Waals surface area contributed by atoms with E-state index in [0.717, 1.165) is 43.5 Å². The van der Waals surface area contributed by atoms with E-state index in [1.807, 2.05) is 12.1 Å². The first kappa shape index (κ1) is 18.0. The normalized spacial score (nSPS) is 23.3. The largest absolute Gasteiger partial charge is 0.333 e. The number of fused-ring (bicyclic) bond motifs is 1. The van der Waals surface area contributed by atoms with Gasteiger partial charge in [0.1, 0.15) is 0 Å². The molecule has 3 heterocycles. The van der Waals surface area contributed by atoms with Crippen molar-refractivity contribution in [2.24, 2.45) is 5.73 Å². The highest BCUT2D eigenvalue weighted by molar-refractivity contribution is 6.35. The summed E-state index contributed by atoms with van der Waals surface area (Å²) in [5.74, 6) is -0.881. The molecule has 1 aromatic rings. The zero-order valence-corrected chi connectivity index (χ0v) is 15.4. The average molecular weight is 367 g/mol. The van der Waals surface area contributed by atoms with Crippen LogP contribution in [0.25, 0.3) is 0 Å². The van der Waals surface area contributed by atoms with Gasteiger partial charge < -0.3 is 15.5 Å². The lowest BCUT2D eigenvalue weighted by molar-refractivity contribution is -0.151. The minimum absolute atomic E-state index is 0.289. The third-order valence-electron chi connectivity index (χ3n) is 6.12. The summed E-state index contributed by atoms with van der Waals surface area (Å²) in [5.41, 5.74) is 8.38. The first-order valence-electron chi connectivity index (χ1n) is 9.65. The van der Waals surface area contributed by atoms with Crippen LogP contribution in [0.1, 0.15) is 36.0 Å². The first-order valence-corrected chi connectivity index (χ1v) is 9.65. The fourth-order valence-corrected chi connectivity index (χ4v) is 4.45. The number of hydrogen-bond acceptors (Lipinski definition) is 5. The molecule has 7 nitrogen and oxygen atoms in total. The van der Waals surface area contributed by atoms with E-state index in [4.69, 9.17) is 5.73 Å². The van der Waals surface area contributed by atoms with Gasteiger partial charge in [-0.05, 0) is 49.5 Å². The van der Waals surface area contributed by atoms with E-state index in [9.17, 15) is 14.9 Å². The molecule has 1 unspecified atom stereocenters. The summed E-state index contributed by atoms with van der Waals surface area (Å²) in [6, 6.07) is 8.28. The standard InChI is InChI=1S/C20H25N5O2/c21-10-14-2-1-3-15-11-25(13-18(14)15)20(27)19(26)24-9-6-17(12-24)23-7-4-16(22)5-8-23/h1-3,16-17H,4-9,11-13,22H2. The second-order valence-corrected chi connectivity index (χ2v) is 7.78. The summed E-state index contributed by atoms with van der Waals surface area (Å²) < 4.78 is 0. The van der Waals surface area contributed by atoms with E-state index < -0.39 is 11.8 Å². The van der Waals surface area contributed by atoms with E-state index in [2.05, 4.69) is 11.0 Å². The SMILES string of the molecule is N#Cc1cccc2c1CN(C(=O)C(=O)N1CCC(N3CCC(N)CC3)C1)C2. The van der Waals surface area contributed by atoms with Crippen LogP contribution in [0.2, 0.25) is 0 Å². The molecule has 2 saturated heterocycles. The van der Waals surface area contributed by atoms with Gasteiger partial charge in [0.15, 0.2) is 0 Å². The zero-order valence-electron chi connectivity index (χ0n) is 15.4. The lowest BCUT2D eigenvalue weighted by Crippen LogP contribution is -2.47. The molecular weight excluding hydrogens is 342 g/mol. The number of nitrogens with two attached hydrogens (primary N) is 1. The summed E-state index contributed by atoms with van der Waals surface area (Å²) in [4.78, 5) is 31.2. The van der Waals surface area contributed by atoms with Crippen molar-refractivity contribution >= 4 is 11.8 Å². The van der Waals surface area contributed by atoms with Crippen LogP contribution in [0.5, 0.6) is 0 Å². The Labute approximate surface area is 159 Å². The molecule has 142 valence electrons. The van der Waals surface area contributed by atoms with E-state index in [1.165, 1.54) is 0 Å². The van der Waals surface area contributed by atoms with Crippen LogP contribution in [0.15, 0.2) is 18.2 Å². The van der Waals surface area contributed by atoms with E-state index in [-0.39, 0.29) is 6.04 Å². The Morgan fingerprint density at radius 1 is 1.04 bits per heavy atom. The van der Waals surface area contributed by atoms with Gasteiger partial charge in [0.05, 0.1) is 11.6 Å². The van der Waals surface area contributed by atoms with Crippen LogP contribution < -0.4 is 5.73 Å². The van der Waals surface area contributed by atoms with Gasteiger partial charge in [-0.15, -0.1) is 0 Å². The molecule has 0 aromatic heterocycles. The molecule has 1 atom stereocenters. The maximum absolute atomic E-state index is 12.7. The number of carbonyl (C=O) groups excluding carboxylic acids is 2. The number of amides is 2. The van der Waals surface area contributed by atoms with Crippen molar-refractivity contribution in [1.82, 2.24) is 14.7 Å². The van der Waals surface area contributed by atoms with Gasteiger partial charge in [-0.1, -0.05) is 12.1 Å². The van der Waals surface area contributed by atoms with Crippen LogP contribution in [0.3, 0.4) is 0 Å². The molecule has 1 aromatic carbocycles. The summed E-state index contributed by atoms with van der Waals surface area (Å²) in [5, 5.41) is 9.24. The molecule has 0 saturated carbocycles. The summed E-state index contributed by atoms with van der Waals surface area (Å²) in [6.45, 7) is 3.92. The van der Waals surface area contributed by atoms with Gasteiger partial charge in [0.2, 0.25) is 0 Å². The molecule has 2 N–H and O–H groups in total. The van der Waals surface area contributed by atoms with Gasteiger partial charge in [-0.3, -0.25) is 14.5 Å². The zero-order chi connectivity index (χ0) is 19.0. The Bertz CT molecular complexity index is 794. The van der Waals surface area contributed by atoms with Crippen molar-refractivity contribution in [3.63, 3.8) is 0 Å². The van der Waals surface area contributed by atoms with Crippen LogP contribution in [-0.4, -0.2) is 64.8 Å². The molecule has 2 amide bonds. The van der Waals surface area contributed by atoms with Gasteiger partial charge in [-0.25, -0.2) is 0 Å². The molecule has 27 heavy (non-hydrogen) atoms. The van der Waals surface area contributed by atoms with Crippen molar-refractivity contribution in [3.8, 4) is 6.07 Å². The number of nitriles is 1. The third-order valence-corrected chi connectivity index (χ3v) is 6.12. The molecule has 0 spiro atoms. The highest BCUT2D eigenvalue weighted by Crippen LogP contribution is 2.27. The van der Waals surface area contributed by atoms with E-state index in [0.29, 0.717) is 37.8 Å². The number of hydrogen-bond donors (Lipinski definition) is 1. The van der Waals surface area contributed by atoms with Gasteiger partial charge in [0.25, 0.3) is 0 Å². The molecule has 0 aliphatic carbocycles. The Balaban J connectivity index is 1.37. The van der Waals surface area contributed by atoms with Crippen molar-refractivity contribution in [2.45, 2.75) is 44.4 Å². The van der Waals surface area contributed by atoms with Crippen molar-refractivity contribution in [1.29, 1.82) is 5.26 Å². The molecule has 3 aliphatic heterocycles. The topological polar surface area (TPSA) is 93.7 Å². The van der Waals surface area contributed by atoms with Gasteiger partial charge >= 0.3 is 11.8 Å². The Morgan fingerprint density at radius 2 is 1.78 bits per heavy atom. The second kappa shape index (κ2) is 7.29. The van der Waals surface area contributed by atoms with Gasteiger partial charge in [0, 0.05) is 38.3 Å². The minimum atomic E-state index is -0.462. The molecule has 0 bridgehead atoms. The number of likely N-dealkylation sites (tertiary alicyclic amines) is 2. The Hall–Kier alpha value is -2.43. The number of piperidine rings is 1. The summed E-state index contributed by atoms with van der Waals surface area (Å²) >= 11 is 0. The number of carbonyl (C=O) groups is 2. The second-order valence-electron chi connectivity index (χ2n) is 7.78. The highest BCUT2D eigenvalue weighted by atomic mass is 16.2. The smallest absolute Gasteiger partial charge is 0.312 e. The number of benzene rings is 1. The first-order chi connectivity index (χ1) is 13.1. The molecule has 0 radical (unpaired) electrons. The third kappa shape index (κ3) is 3.43. The van der Waals surface area contributed by atoms with Crippen molar-refractivity contribution in [2.75, 3.05) is 26.2 Å². The molecule has 2 fully saturated rings. The average Bonchev–Trinajstić information content (AvgIpc) is 3.34. The lowest BCUT2D eigenvalue weighted by Gasteiger charge is -2.34. The van der Waals surface area contributed by atoms with E-state index in [1.54, 1.807) is 15.9 Å². The Kier molecular flexibility index (Phi) is 4.85. The quantitative estimate of drug-likeness (QED) is 0.726. The number of rotatable bonds is 1. The van der Waals surface area contributed by atoms with Crippen LogP contribution in [-0.2, 0) is 22.7 Å². The maximum atomic E-state index is 12.7. The molecule has 4 rings (SSSR count). The molecule has 3 aliphatic rings. The lowest BCUT2D eigenvalue weighted by atomic mass is 10.0. The summed E-state index contributed by atoms with van der Waals surface area (Å²) in [7, 11) is 0. The fraction of sp³-hybridized carbons (Fsp3) is 0.550. The fourth-order valence-electron chi connectivity index (χ4n) is 4.45.